The van der Waals surface area contributed by atoms with Crippen LogP contribution in [0.3, 0.4) is 0 Å². The predicted octanol–water partition coefficient (Wildman–Crippen LogP) is 1.67. The van der Waals surface area contributed by atoms with Crippen LogP contribution in [0.4, 0.5) is 0 Å². The summed E-state index contributed by atoms with van der Waals surface area (Å²) in [4.78, 5) is 18.8. The summed E-state index contributed by atoms with van der Waals surface area (Å²) in [6, 6.07) is 5.37. The van der Waals surface area contributed by atoms with Crippen LogP contribution in [0.5, 0.6) is 0 Å². The fourth-order valence-electron chi connectivity index (χ4n) is 1.33. The minimum Gasteiger partial charge on any atom is -0.481 e. The van der Waals surface area contributed by atoms with Crippen molar-refractivity contribution < 1.29 is 14.3 Å². The van der Waals surface area contributed by atoms with Gasteiger partial charge in [0.15, 0.2) is 0 Å². The maximum absolute atomic E-state index is 10.6. The van der Waals surface area contributed by atoms with Gasteiger partial charge < -0.3 is 9.52 Å². The highest BCUT2D eigenvalue weighted by Gasteiger charge is 2.14. The summed E-state index contributed by atoms with van der Waals surface area (Å²) < 4.78 is 5.36. The lowest BCUT2D eigenvalue weighted by Crippen LogP contribution is -1.99. The average Bonchev–Trinajstić information content (AvgIpc) is 2.61. The van der Waals surface area contributed by atoms with Crippen molar-refractivity contribution in [2.24, 2.45) is 0 Å². The van der Waals surface area contributed by atoms with E-state index in [4.69, 9.17) is 9.52 Å². The van der Waals surface area contributed by atoms with Gasteiger partial charge in [0.25, 0.3) is 0 Å². The maximum Gasteiger partial charge on any atom is 0.311 e. The zero-order valence-corrected chi connectivity index (χ0v) is 8.67. The number of nitrogens with zero attached hydrogens (tertiary/aromatic N) is 2. The molecule has 2 heterocycles. The van der Waals surface area contributed by atoms with Crippen LogP contribution in [-0.2, 0) is 11.2 Å². The zero-order chi connectivity index (χ0) is 11.5. The van der Waals surface area contributed by atoms with Crippen LogP contribution in [0.25, 0.3) is 11.6 Å². The number of aryl methyl sites for hydroxylation is 1. The number of aliphatic carboxylic acids is 1. The van der Waals surface area contributed by atoms with Gasteiger partial charge in [-0.3, -0.25) is 9.78 Å². The number of carbonyl (C=O) groups is 1. The smallest absolute Gasteiger partial charge is 0.311 e. The molecule has 0 saturated carbocycles. The van der Waals surface area contributed by atoms with Crippen LogP contribution in [0.15, 0.2) is 28.8 Å². The molecule has 0 spiro atoms. The van der Waals surface area contributed by atoms with E-state index in [0.717, 1.165) is 0 Å². The molecule has 0 bridgehead atoms. The Kier molecular flexibility index (Phi) is 2.68. The van der Waals surface area contributed by atoms with E-state index in [1.807, 2.05) is 6.07 Å². The van der Waals surface area contributed by atoms with Crippen molar-refractivity contribution in [3.05, 3.63) is 35.9 Å². The Morgan fingerprint density at radius 3 is 2.94 bits per heavy atom. The summed E-state index contributed by atoms with van der Waals surface area (Å²) in [5.74, 6) is -0.214. The van der Waals surface area contributed by atoms with Crippen LogP contribution < -0.4 is 0 Å². The number of rotatable bonds is 3. The van der Waals surface area contributed by atoms with Crippen molar-refractivity contribution in [2.75, 3.05) is 0 Å². The molecule has 2 aromatic rings. The Bertz CT molecular complexity index is 505. The van der Waals surface area contributed by atoms with Crippen molar-refractivity contribution in [2.45, 2.75) is 13.3 Å². The van der Waals surface area contributed by atoms with E-state index in [-0.39, 0.29) is 6.42 Å². The van der Waals surface area contributed by atoms with Gasteiger partial charge in [0.05, 0.1) is 5.69 Å². The van der Waals surface area contributed by atoms with E-state index in [1.165, 1.54) is 0 Å². The number of carboxylic acids is 1. The molecule has 82 valence electrons. The van der Waals surface area contributed by atoms with E-state index >= 15 is 0 Å². The fourth-order valence-corrected chi connectivity index (χ4v) is 1.33. The van der Waals surface area contributed by atoms with Gasteiger partial charge >= 0.3 is 5.97 Å². The molecule has 5 nitrogen and oxygen atoms in total. The third-order valence-corrected chi connectivity index (χ3v) is 2.09. The Labute approximate surface area is 91.8 Å². The first-order valence-corrected chi connectivity index (χ1v) is 4.76. The average molecular weight is 218 g/mol. The molecule has 16 heavy (non-hydrogen) atoms. The highest BCUT2D eigenvalue weighted by Crippen LogP contribution is 2.19. The third kappa shape index (κ3) is 2.08. The van der Waals surface area contributed by atoms with Gasteiger partial charge in [-0.25, -0.2) is 4.98 Å². The molecule has 5 heteroatoms. The molecule has 0 aliphatic rings. The van der Waals surface area contributed by atoms with Gasteiger partial charge in [-0.15, -0.1) is 0 Å². The van der Waals surface area contributed by atoms with Crippen molar-refractivity contribution in [1.29, 1.82) is 0 Å². The fraction of sp³-hybridized carbons (Fsp3) is 0.182. The first-order chi connectivity index (χ1) is 7.66. The van der Waals surface area contributed by atoms with E-state index in [0.29, 0.717) is 23.0 Å². The van der Waals surface area contributed by atoms with Crippen LogP contribution >= 0.6 is 0 Å². The minimum atomic E-state index is -0.938. The van der Waals surface area contributed by atoms with Crippen molar-refractivity contribution in [3.63, 3.8) is 0 Å². The molecular formula is C11H10N2O3. The standard InChI is InChI=1S/C11H10N2O3/c1-7-9(6-10(14)15)16-11(13-7)8-4-2-3-5-12-8/h2-5H,6H2,1H3,(H,14,15). The number of oxazole rings is 1. The zero-order valence-electron chi connectivity index (χ0n) is 8.67. The first-order valence-electron chi connectivity index (χ1n) is 4.76. The minimum absolute atomic E-state index is 0.161. The number of hydrogen-bond acceptors (Lipinski definition) is 4. The van der Waals surface area contributed by atoms with Crippen molar-refractivity contribution >= 4 is 5.97 Å². The van der Waals surface area contributed by atoms with Crippen LogP contribution in [0.1, 0.15) is 11.5 Å². The number of aromatic nitrogens is 2. The second-order valence-corrected chi connectivity index (χ2v) is 3.31. The van der Waals surface area contributed by atoms with Gasteiger partial charge in [-0.1, -0.05) is 6.07 Å². The van der Waals surface area contributed by atoms with Gasteiger partial charge in [0.2, 0.25) is 5.89 Å². The lowest BCUT2D eigenvalue weighted by Gasteiger charge is -1.92. The Hall–Kier alpha value is -2.17. The van der Waals surface area contributed by atoms with E-state index < -0.39 is 5.97 Å². The Balaban J connectivity index is 2.34. The number of pyridine rings is 1. The molecule has 1 N–H and O–H groups in total. The summed E-state index contributed by atoms with van der Waals surface area (Å²) in [5, 5.41) is 8.67. The molecule has 0 aromatic carbocycles. The first kappa shape index (κ1) is 10.4. The van der Waals surface area contributed by atoms with Crippen LogP contribution in [0.2, 0.25) is 0 Å². The molecule has 0 saturated heterocycles. The SMILES string of the molecule is Cc1nc(-c2ccccn2)oc1CC(=O)O. The molecule has 0 fully saturated rings. The second-order valence-electron chi connectivity index (χ2n) is 3.31. The van der Waals surface area contributed by atoms with Crippen molar-refractivity contribution in [1.82, 2.24) is 9.97 Å². The molecule has 0 aliphatic carbocycles. The van der Waals surface area contributed by atoms with Gasteiger partial charge in [-0.05, 0) is 19.1 Å². The lowest BCUT2D eigenvalue weighted by atomic mass is 10.3. The van der Waals surface area contributed by atoms with Crippen LogP contribution in [-0.4, -0.2) is 21.0 Å². The summed E-state index contributed by atoms with van der Waals surface area (Å²) in [6.07, 6.45) is 1.47. The predicted molar refractivity (Wildman–Crippen MR) is 55.8 cm³/mol. The Morgan fingerprint density at radius 2 is 2.31 bits per heavy atom. The molecule has 0 aliphatic heterocycles. The molecule has 2 aromatic heterocycles. The Morgan fingerprint density at radius 1 is 1.50 bits per heavy atom. The largest absolute Gasteiger partial charge is 0.481 e. The monoisotopic (exact) mass is 218 g/mol. The summed E-state index contributed by atoms with van der Waals surface area (Å²) in [6.45, 7) is 1.72. The van der Waals surface area contributed by atoms with E-state index in [9.17, 15) is 4.79 Å². The second kappa shape index (κ2) is 4.14. The highest BCUT2D eigenvalue weighted by atomic mass is 16.4. The molecule has 0 unspecified atom stereocenters. The third-order valence-electron chi connectivity index (χ3n) is 2.09. The van der Waals surface area contributed by atoms with E-state index in [1.54, 1.807) is 25.3 Å². The van der Waals surface area contributed by atoms with Crippen molar-refractivity contribution in [3.8, 4) is 11.6 Å². The summed E-state index contributed by atoms with van der Waals surface area (Å²) in [7, 11) is 0. The van der Waals surface area contributed by atoms with Crippen LogP contribution in [0, 0.1) is 6.92 Å². The van der Waals surface area contributed by atoms with Gasteiger partial charge in [-0.2, -0.15) is 0 Å². The lowest BCUT2D eigenvalue weighted by molar-refractivity contribution is -0.136. The quantitative estimate of drug-likeness (QED) is 0.847. The molecular weight excluding hydrogens is 208 g/mol. The number of hydrogen-bond donors (Lipinski definition) is 1. The molecule has 2 rings (SSSR count). The highest BCUT2D eigenvalue weighted by molar-refractivity contribution is 5.69. The number of carboxylic acid groups (broad SMARTS) is 1. The normalized spacial score (nSPS) is 10.3. The van der Waals surface area contributed by atoms with Gasteiger partial charge in [0.1, 0.15) is 17.9 Å². The summed E-state index contributed by atoms with van der Waals surface area (Å²) in [5.41, 5.74) is 1.19. The summed E-state index contributed by atoms with van der Waals surface area (Å²) >= 11 is 0. The van der Waals surface area contributed by atoms with Gasteiger partial charge in [0, 0.05) is 6.20 Å². The topological polar surface area (TPSA) is 76.2 Å². The molecule has 0 radical (unpaired) electrons. The van der Waals surface area contributed by atoms with E-state index in [2.05, 4.69) is 9.97 Å². The molecule has 0 atom stereocenters. The molecule has 0 amide bonds. The maximum atomic E-state index is 10.6.